The van der Waals surface area contributed by atoms with E-state index >= 15 is 0 Å². The molecule has 6 rings (SSSR count). The summed E-state index contributed by atoms with van der Waals surface area (Å²) in [5.74, 6) is 1.96. The molecule has 0 bridgehead atoms. The van der Waals surface area contributed by atoms with Crippen LogP contribution in [-0.4, -0.2) is 9.78 Å². The summed E-state index contributed by atoms with van der Waals surface area (Å²) in [6.45, 7) is 8.54. The first-order valence-corrected chi connectivity index (χ1v) is 12.0. The number of furan rings is 1. The van der Waals surface area contributed by atoms with Crippen molar-refractivity contribution < 1.29 is 8.98 Å². The quantitative estimate of drug-likeness (QED) is 0.264. The number of aromatic nitrogens is 3. The Morgan fingerprint density at radius 3 is 2.14 bits per heavy atom. The van der Waals surface area contributed by atoms with E-state index in [0.717, 1.165) is 50.4 Å². The summed E-state index contributed by atoms with van der Waals surface area (Å²) in [5, 5.41) is 7.28. The van der Waals surface area contributed by atoms with Crippen LogP contribution in [0.1, 0.15) is 22.5 Å². The molecule has 0 radical (unpaired) electrons. The maximum atomic E-state index is 6.46. The Balaban J connectivity index is 1.64. The molecule has 0 saturated heterocycles. The minimum absolute atomic E-state index is 0.902. The number of nitrogens with zero attached hydrogens (tertiary/aromatic N) is 3. The second-order valence-electron chi connectivity index (χ2n) is 9.40. The van der Waals surface area contributed by atoms with Crippen molar-refractivity contribution in [2.45, 2.75) is 27.7 Å². The molecule has 2 aromatic heterocycles. The summed E-state index contributed by atoms with van der Waals surface area (Å²) in [7, 11) is 2.08. The molecule has 0 atom stereocenters. The molecule has 0 aliphatic heterocycles. The van der Waals surface area contributed by atoms with E-state index in [9.17, 15) is 0 Å². The van der Waals surface area contributed by atoms with E-state index < -0.39 is 0 Å². The Hall–Kier alpha value is -4.18. The Morgan fingerprint density at radius 2 is 1.40 bits per heavy atom. The first-order valence-electron chi connectivity index (χ1n) is 12.0. The number of para-hydroxylation sites is 1. The summed E-state index contributed by atoms with van der Waals surface area (Å²) < 4.78 is 10.7. The van der Waals surface area contributed by atoms with Crippen LogP contribution in [0.25, 0.3) is 50.1 Å². The van der Waals surface area contributed by atoms with Crippen molar-refractivity contribution in [2.24, 2.45) is 7.05 Å². The second kappa shape index (κ2) is 7.95. The van der Waals surface area contributed by atoms with Gasteiger partial charge >= 0.3 is 0 Å². The van der Waals surface area contributed by atoms with Gasteiger partial charge in [0.05, 0.1) is 12.6 Å². The number of fused-ring (bicyclic) bond motifs is 3. The van der Waals surface area contributed by atoms with Gasteiger partial charge < -0.3 is 4.42 Å². The molecule has 4 aromatic carbocycles. The second-order valence-corrected chi connectivity index (χ2v) is 9.40. The van der Waals surface area contributed by atoms with Gasteiger partial charge in [0.25, 0.3) is 11.6 Å². The fraction of sp³-hybridized carbons (Fsp3) is 0.161. The topological polar surface area (TPSA) is 34.8 Å². The summed E-state index contributed by atoms with van der Waals surface area (Å²) in [5.41, 5.74) is 9.95. The van der Waals surface area contributed by atoms with Gasteiger partial charge in [-0.3, -0.25) is 0 Å². The number of aryl methyl sites for hydroxylation is 4. The first-order chi connectivity index (χ1) is 16.9. The molecule has 6 aromatic rings. The van der Waals surface area contributed by atoms with Crippen LogP contribution in [0, 0.1) is 27.7 Å². The number of benzene rings is 4. The Kier molecular flexibility index (Phi) is 4.85. The van der Waals surface area contributed by atoms with Crippen molar-refractivity contribution in [3.63, 3.8) is 0 Å². The van der Waals surface area contributed by atoms with Gasteiger partial charge in [-0.1, -0.05) is 65.3 Å². The predicted octanol–water partition coefficient (Wildman–Crippen LogP) is 7.16. The van der Waals surface area contributed by atoms with Gasteiger partial charge in [-0.25, -0.2) is 4.57 Å². The van der Waals surface area contributed by atoms with Crippen molar-refractivity contribution in [2.75, 3.05) is 0 Å². The SMILES string of the molecule is Cc1cc(-c2ccccc2)cc(C)c1-n1nc(C)[n+](C)c1-c1c(C)ccc2c1oc1ccccc12. The largest absolute Gasteiger partial charge is 0.455 e. The van der Waals surface area contributed by atoms with E-state index in [0.29, 0.717) is 0 Å². The number of hydrogen-bond donors (Lipinski definition) is 0. The van der Waals surface area contributed by atoms with Crippen LogP contribution in [0.15, 0.2) is 83.3 Å². The predicted molar refractivity (Wildman–Crippen MR) is 142 cm³/mol. The van der Waals surface area contributed by atoms with E-state index in [1.54, 1.807) is 0 Å². The highest BCUT2D eigenvalue weighted by atomic mass is 16.3. The summed E-state index contributed by atoms with van der Waals surface area (Å²) in [6, 6.07) is 27.6. The Morgan fingerprint density at radius 1 is 0.714 bits per heavy atom. The molecular weight excluding hydrogens is 430 g/mol. The monoisotopic (exact) mass is 458 g/mol. The molecule has 0 N–H and O–H groups in total. The highest BCUT2D eigenvalue weighted by Gasteiger charge is 2.30. The van der Waals surface area contributed by atoms with Crippen molar-refractivity contribution >= 4 is 21.9 Å². The molecule has 0 fully saturated rings. The van der Waals surface area contributed by atoms with Crippen molar-refractivity contribution in [1.29, 1.82) is 0 Å². The third kappa shape index (κ3) is 3.28. The molecule has 4 heteroatoms. The summed E-state index contributed by atoms with van der Waals surface area (Å²) in [6.07, 6.45) is 0. The van der Waals surface area contributed by atoms with Gasteiger partial charge in [-0.05, 0) is 66.8 Å². The van der Waals surface area contributed by atoms with E-state index in [2.05, 4.69) is 111 Å². The zero-order chi connectivity index (χ0) is 24.3. The highest BCUT2D eigenvalue weighted by molar-refractivity contribution is 6.09. The Bertz CT molecular complexity index is 1720. The van der Waals surface area contributed by atoms with Gasteiger partial charge in [-0.15, -0.1) is 0 Å². The third-order valence-corrected chi connectivity index (χ3v) is 7.04. The summed E-state index contributed by atoms with van der Waals surface area (Å²) in [4.78, 5) is 0. The van der Waals surface area contributed by atoms with Crippen LogP contribution >= 0.6 is 0 Å². The standard InChI is InChI=1S/C31H28N3O/c1-19-15-16-26-25-13-9-10-14-27(25)35-30(26)28(19)31-33(5)22(4)32-34(31)29-20(2)17-24(18-21(29)3)23-11-7-6-8-12-23/h6-18H,1-5H3/q+1. The van der Waals surface area contributed by atoms with E-state index in [1.165, 1.54) is 22.3 Å². The molecule has 0 saturated carbocycles. The summed E-state index contributed by atoms with van der Waals surface area (Å²) >= 11 is 0. The minimum Gasteiger partial charge on any atom is -0.455 e. The average Bonchev–Trinajstić information content (AvgIpc) is 3.36. The van der Waals surface area contributed by atoms with Crippen molar-refractivity contribution in [3.05, 3.63) is 101 Å². The number of hydrogen-bond acceptors (Lipinski definition) is 2. The van der Waals surface area contributed by atoms with Crippen molar-refractivity contribution in [3.8, 4) is 28.2 Å². The van der Waals surface area contributed by atoms with Crippen LogP contribution in [0.3, 0.4) is 0 Å². The highest BCUT2D eigenvalue weighted by Crippen LogP contribution is 2.38. The lowest BCUT2D eigenvalue weighted by atomic mass is 9.98. The minimum atomic E-state index is 0.902. The molecule has 0 aliphatic carbocycles. The smallest absolute Gasteiger partial charge is 0.277 e. The van der Waals surface area contributed by atoms with Crippen LogP contribution in [-0.2, 0) is 7.05 Å². The lowest BCUT2D eigenvalue weighted by molar-refractivity contribution is -0.667. The van der Waals surface area contributed by atoms with Crippen LogP contribution in [0.2, 0.25) is 0 Å². The van der Waals surface area contributed by atoms with Gasteiger partial charge in [0.15, 0.2) is 0 Å². The van der Waals surface area contributed by atoms with Crippen molar-refractivity contribution in [1.82, 2.24) is 9.78 Å². The molecule has 172 valence electrons. The molecule has 0 spiro atoms. The third-order valence-electron chi connectivity index (χ3n) is 7.04. The van der Waals surface area contributed by atoms with Gasteiger partial charge in [0.1, 0.15) is 16.9 Å². The molecule has 2 heterocycles. The van der Waals surface area contributed by atoms with Crippen LogP contribution in [0.5, 0.6) is 0 Å². The zero-order valence-electron chi connectivity index (χ0n) is 20.8. The van der Waals surface area contributed by atoms with E-state index in [4.69, 9.17) is 9.52 Å². The molecular formula is C31H28N3O+. The fourth-order valence-electron chi connectivity index (χ4n) is 5.24. The van der Waals surface area contributed by atoms with Gasteiger partial charge in [0, 0.05) is 22.8 Å². The average molecular weight is 459 g/mol. The lowest BCUT2D eigenvalue weighted by Gasteiger charge is -2.12. The van der Waals surface area contributed by atoms with E-state index in [-0.39, 0.29) is 0 Å². The Labute approximate surface area is 205 Å². The molecule has 0 aliphatic rings. The fourth-order valence-corrected chi connectivity index (χ4v) is 5.24. The number of rotatable bonds is 3. The van der Waals surface area contributed by atoms with Crippen LogP contribution < -0.4 is 4.57 Å². The van der Waals surface area contributed by atoms with Crippen LogP contribution in [0.4, 0.5) is 0 Å². The van der Waals surface area contributed by atoms with Gasteiger partial charge in [-0.2, -0.15) is 0 Å². The molecule has 35 heavy (non-hydrogen) atoms. The maximum Gasteiger partial charge on any atom is 0.277 e. The zero-order valence-corrected chi connectivity index (χ0v) is 20.8. The molecule has 0 amide bonds. The van der Waals surface area contributed by atoms with E-state index in [1.807, 2.05) is 12.1 Å². The first kappa shape index (κ1) is 21.4. The molecule has 0 unspecified atom stereocenters. The normalized spacial score (nSPS) is 11.6. The lowest BCUT2D eigenvalue weighted by Crippen LogP contribution is -2.33. The molecule has 4 nitrogen and oxygen atoms in total. The van der Waals surface area contributed by atoms with Gasteiger partial charge in [0.2, 0.25) is 0 Å². The maximum absolute atomic E-state index is 6.46.